The molecule has 0 saturated carbocycles. The fourth-order valence-corrected chi connectivity index (χ4v) is 3.21. The van der Waals surface area contributed by atoms with Gasteiger partial charge in [0.15, 0.2) is 5.65 Å². The van der Waals surface area contributed by atoms with Crippen molar-refractivity contribution in [3.05, 3.63) is 53.6 Å². The van der Waals surface area contributed by atoms with Crippen LogP contribution in [0, 0.1) is 5.82 Å². The maximum Gasteiger partial charge on any atom is 0.254 e. The molecule has 1 aromatic carbocycles. The number of halogens is 1. The zero-order chi connectivity index (χ0) is 21.8. The number of anilines is 1. The molecule has 2 atom stereocenters. The van der Waals surface area contributed by atoms with Crippen molar-refractivity contribution < 1.29 is 24.1 Å². The standard InChI is InChI=1S/C20H24FN5O4/c1-3-25(18-6-7-26-20(24-18)16(9-23-26)19(22)29)12(2)15-8-13(21)4-5-17(15)30-11-14(28)10-27/h4-9,12,14,27-28H,3,10-11H2,1-2H3,(H2,22,29). The van der Waals surface area contributed by atoms with Gasteiger partial charge in [-0.2, -0.15) is 5.10 Å². The molecular weight excluding hydrogens is 393 g/mol. The number of hydrogen-bond donors (Lipinski definition) is 3. The predicted molar refractivity (Wildman–Crippen MR) is 108 cm³/mol. The lowest BCUT2D eigenvalue weighted by molar-refractivity contribution is 0.0531. The molecule has 1 amide bonds. The number of hydrogen-bond acceptors (Lipinski definition) is 7. The summed E-state index contributed by atoms with van der Waals surface area (Å²) >= 11 is 0. The third-order valence-electron chi connectivity index (χ3n) is 4.79. The van der Waals surface area contributed by atoms with Crippen LogP contribution in [0.1, 0.15) is 35.8 Å². The van der Waals surface area contributed by atoms with E-state index < -0.39 is 24.4 Å². The maximum atomic E-state index is 14.0. The average Bonchev–Trinajstić information content (AvgIpc) is 3.16. The molecule has 0 aliphatic carbocycles. The number of nitrogens with zero attached hydrogens (tertiary/aromatic N) is 4. The van der Waals surface area contributed by atoms with E-state index in [1.165, 1.54) is 28.9 Å². The molecule has 160 valence electrons. The molecule has 2 heterocycles. The van der Waals surface area contributed by atoms with Gasteiger partial charge in [-0.1, -0.05) is 0 Å². The predicted octanol–water partition coefficient (Wildman–Crippen LogP) is 1.29. The van der Waals surface area contributed by atoms with Crippen molar-refractivity contribution in [2.75, 3.05) is 24.7 Å². The fourth-order valence-electron chi connectivity index (χ4n) is 3.21. The molecule has 0 bridgehead atoms. The molecule has 3 rings (SSSR count). The van der Waals surface area contributed by atoms with Crippen LogP contribution in [0.25, 0.3) is 5.65 Å². The number of carbonyl (C=O) groups excluding carboxylic acids is 1. The van der Waals surface area contributed by atoms with E-state index in [9.17, 15) is 14.3 Å². The molecule has 0 spiro atoms. The topological polar surface area (TPSA) is 126 Å². The molecule has 2 unspecified atom stereocenters. The second-order valence-electron chi connectivity index (χ2n) is 6.77. The Morgan fingerprint density at radius 1 is 1.40 bits per heavy atom. The molecule has 0 fully saturated rings. The molecule has 0 aliphatic rings. The van der Waals surface area contributed by atoms with E-state index in [2.05, 4.69) is 10.1 Å². The van der Waals surface area contributed by atoms with Gasteiger partial charge < -0.3 is 25.6 Å². The van der Waals surface area contributed by atoms with Crippen LogP contribution in [0.15, 0.2) is 36.7 Å². The lowest BCUT2D eigenvalue weighted by atomic mass is 10.1. The Kier molecular flexibility index (Phi) is 6.48. The van der Waals surface area contributed by atoms with Crippen LogP contribution in [0.4, 0.5) is 10.2 Å². The Labute approximate surface area is 172 Å². The van der Waals surface area contributed by atoms with E-state index in [0.29, 0.717) is 29.3 Å². The first-order valence-corrected chi connectivity index (χ1v) is 9.47. The van der Waals surface area contributed by atoms with Crippen LogP contribution in [0.5, 0.6) is 5.75 Å². The van der Waals surface area contributed by atoms with Gasteiger partial charge in [0.2, 0.25) is 0 Å². The number of benzene rings is 1. The largest absolute Gasteiger partial charge is 0.490 e. The monoisotopic (exact) mass is 417 g/mol. The van der Waals surface area contributed by atoms with Crippen molar-refractivity contribution in [2.45, 2.75) is 26.0 Å². The van der Waals surface area contributed by atoms with Crippen molar-refractivity contribution in [1.82, 2.24) is 14.6 Å². The molecule has 9 nitrogen and oxygen atoms in total. The number of carbonyl (C=O) groups is 1. The summed E-state index contributed by atoms with van der Waals surface area (Å²) in [6, 6.07) is 5.49. The summed E-state index contributed by atoms with van der Waals surface area (Å²) < 4.78 is 21.1. The fraction of sp³-hybridized carbons (Fsp3) is 0.350. The number of aliphatic hydroxyl groups is 2. The van der Waals surface area contributed by atoms with Gasteiger partial charge in [0.1, 0.15) is 35.7 Å². The number of aromatic nitrogens is 3. The molecule has 3 aromatic rings. The van der Waals surface area contributed by atoms with Crippen molar-refractivity contribution in [1.29, 1.82) is 0 Å². The minimum absolute atomic E-state index is 0.129. The van der Waals surface area contributed by atoms with E-state index in [0.717, 1.165) is 0 Å². The smallest absolute Gasteiger partial charge is 0.254 e. The number of aliphatic hydroxyl groups excluding tert-OH is 2. The Morgan fingerprint density at radius 2 is 2.17 bits per heavy atom. The molecule has 10 heteroatoms. The first-order valence-electron chi connectivity index (χ1n) is 9.47. The zero-order valence-corrected chi connectivity index (χ0v) is 16.7. The summed E-state index contributed by atoms with van der Waals surface area (Å²) in [4.78, 5) is 18.1. The summed E-state index contributed by atoms with van der Waals surface area (Å²) in [6.07, 6.45) is 1.98. The second-order valence-corrected chi connectivity index (χ2v) is 6.77. The van der Waals surface area contributed by atoms with Gasteiger partial charge in [0, 0.05) is 18.3 Å². The van der Waals surface area contributed by atoms with Gasteiger partial charge in [-0.25, -0.2) is 13.9 Å². The third-order valence-corrected chi connectivity index (χ3v) is 4.79. The minimum atomic E-state index is -1.04. The highest BCUT2D eigenvalue weighted by Gasteiger charge is 2.22. The highest BCUT2D eigenvalue weighted by atomic mass is 19.1. The highest BCUT2D eigenvalue weighted by Crippen LogP contribution is 2.33. The van der Waals surface area contributed by atoms with Crippen molar-refractivity contribution >= 4 is 17.4 Å². The number of fused-ring (bicyclic) bond motifs is 1. The summed E-state index contributed by atoms with van der Waals surface area (Å²) in [5.41, 5.74) is 6.47. The van der Waals surface area contributed by atoms with Gasteiger partial charge in [0.05, 0.1) is 18.8 Å². The van der Waals surface area contributed by atoms with Crippen LogP contribution in [-0.4, -0.2) is 56.6 Å². The van der Waals surface area contributed by atoms with E-state index in [-0.39, 0.29) is 18.2 Å². The van der Waals surface area contributed by atoms with E-state index >= 15 is 0 Å². The van der Waals surface area contributed by atoms with Gasteiger partial charge >= 0.3 is 0 Å². The van der Waals surface area contributed by atoms with Gasteiger partial charge in [0.25, 0.3) is 5.91 Å². The normalized spacial score (nSPS) is 13.2. The first-order chi connectivity index (χ1) is 14.3. The average molecular weight is 417 g/mol. The molecule has 0 aliphatic heterocycles. The zero-order valence-electron chi connectivity index (χ0n) is 16.7. The summed E-state index contributed by atoms with van der Waals surface area (Å²) in [6.45, 7) is 3.74. The molecule has 2 aromatic heterocycles. The number of nitrogens with two attached hydrogens (primary N) is 1. The lowest BCUT2D eigenvalue weighted by Gasteiger charge is -2.30. The summed E-state index contributed by atoms with van der Waals surface area (Å²) in [5.74, 6) is -0.128. The van der Waals surface area contributed by atoms with E-state index in [1.807, 2.05) is 18.7 Å². The number of primary amides is 1. The van der Waals surface area contributed by atoms with E-state index in [1.54, 1.807) is 12.3 Å². The maximum absolute atomic E-state index is 14.0. The number of rotatable bonds is 9. The van der Waals surface area contributed by atoms with Gasteiger partial charge in [-0.05, 0) is 38.1 Å². The van der Waals surface area contributed by atoms with Crippen molar-refractivity contribution in [3.8, 4) is 5.75 Å². The van der Waals surface area contributed by atoms with Gasteiger partial charge in [-0.15, -0.1) is 0 Å². The summed E-state index contributed by atoms with van der Waals surface area (Å²) in [5, 5.41) is 22.6. The quantitative estimate of drug-likeness (QED) is 0.479. The molecule has 30 heavy (non-hydrogen) atoms. The molecule has 0 saturated heterocycles. The Morgan fingerprint density at radius 3 is 2.83 bits per heavy atom. The van der Waals surface area contributed by atoms with Crippen LogP contribution in [0.2, 0.25) is 0 Å². The second kappa shape index (κ2) is 9.06. The summed E-state index contributed by atoms with van der Waals surface area (Å²) in [7, 11) is 0. The molecular formula is C20H24FN5O4. The van der Waals surface area contributed by atoms with Crippen LogP contribution < -0.4 is 15.4 Å². The minimum Gasteiger partial charge on any atom is -0.490 e. The SMILES string of the molecule is CCN(c1ccn2ncc(C(N)=O)c2n1)C(C)c1cc(F)ccc1OCC(O)CO. The van der Waals surface area contributed by atoms with Crippen LogP contribution in [0.3, 0.4) is 0 Å². The number of amides is 1. The Hall–Kier alpha value is -3.24. The lowest BCUT2D eigenvalue weighted by Crippen LogP contribution is -2.28. The highest BCUT2D eigenvalue weighted by molar-refractivity contribution is 5.98. The molecule has 0 radical (unpaired) electrons. The van der Waals surface area contributed by atoms with Gasteiger partial charge in [-0.3, -0.25) is 4.79 Å². The van der Waals surface area contributed by atoms with E-state index in [4.69, 9.17) is 15.6 Å². The Bertz CT molecular complexity index is 1040. The van der Waals surface area contributed by atoms with Crippen LogP contribution in [-0.2, 0) is 0 Å². The van der Waals surface area contributed by atoms with Crippen molar-refractivity contribution in [3.63, 3.8) is 0 Å². The van der Waals surface area contributed by atoms with Crippen LogP contribution >= 0.6 is 0 Å². The Balaban J connectivity index is 1.97. The van der Waals surface area contributed by atoms with Crippen molar-refractivity contribution in [2.24, 2.45) is 5.73 Å². The number of ether oxygens (including phenoxy) is 1. The molecule has 4 N–H and O–H groups in total. The first kappa shape index (κ1) is 21.5. The third kappa shape index (κ3) is 4.34.